The number of phosphoric acid groups is 1. The van der Waals surface area contributed by atoms with Crippen LogP contribution in [0.25, 0.3) is 11.2 Å². The van der Waals surface area contributed by atoms with Crippen LogP contribution in [0.2, 0.25) is 0 Å². The first kappa shape index (κ1) is 25.3. The van der Waals surface area contributed by atoms with Crippen molar-refractivity contribution < 1.29 is 28.1 Å². The van der Waals surface area contributed by atoms with Gasteiger partial charge in [-0.05, 0) is 24.8 Å². The molecule has 0 bridgehead atoms. The third kappa shape index (κ3) is 6.70. The van der Waals surface area contributed by atoms with E-state index in [0.717, 1.165) is 18.4 Å². The number of nitrogens with two attached hydrogens (primary N) is 1. The molecule has 0 spiro atoms. The highest BCUT2D eigenvalue weighted by Gasteiger charge is 2.30. The fourth-order valence-corrected chi connectivity index (χ4v) is 4.73. The molecule has 13 nitrogen and oxygen atoms in total. The van der Waals surface area contributed by atoms with Crippen molar-refractivity contribution in [2.75, 3.05) is 24.2 Å². The van der Waals surface area contributed by atoms with E-state index < -0.39 is 20.3 Å². The van der Waals surface area contributed by atoms with Gasteiger partial charge in [0.15, 0.2) is 17.0 Å². The van der Waals surface area contributed by atoms with Gasteiger partial charge in [-0.1, -0.05) is 42.5 Å². The molecular formula is C23H28N7O6P. The summed E-state index contributed by atoms with van der Waals surface area (Å²) in [6, 6.07) is 9.60. The SMILES string of the molecule is Nc1nc(NC2CC2)c2ncn([C@H]3C=C[C@@H](COP(=O)(O)OC(=O)CNOCc4ccccc4)C3)c2n1. The topological polar surface area (TPSA) is 176 Å². The lowest BCUT2D eigenvalue weighted by molar-refractivity contribution is -0.138. The van der Waals surface area contributed by atoms with Crippen molar-refractivity contribution in [1.82, 2.24) is 25.0 Å². The number of benzene rings is 1. The number of hydroxylamine groups is 1. The third-order valence-electron chi connectivity index (χ3n) is 5.93. The molecule has 5 N–H and O–H groups in total. The van der Waals surface area contributed by atoms with Crippen molar-refractivity contribution in [3.8, 4) is 0 Å². The number of hydrogen-bond donors (Lipinski definition) is 4. The van der Waals surface area contributed by atoms with Gasteiger partial charge in [-0.2, -0.15) is 15.4 Å². The molecule has 37 heavy (non-hydrogen) atoms. The number of allylic oxidation sites excluding steroid dienone is 1. The summed E-state index contributed by atoms with van der Waals surface area (Å²) in [4.78, 5) is 40.1. The lowest BCUT2D eigenvalue weighted by Crippen LogP contribution is -2.24. The monoisotopic (exact) mass is 529 g/mol. The quantitative estimate of drug-likeness (QED) is 0.117. The number of hydrogen-bond acceptors (Lipinski definition) is 11. The van der Waals surface area contributed by atoms with Gasteiger partial charge in [-0.15, -0.1) is 0 Å². The van der Waals surface area contributed by atoms with Crippen LogP contribution in [-0.4, -0.2) is 49.6 Å². The Balaban J connectivity index is 1.09. The second kappa shape index (κ2) is 11.0. The zero-order valence-electron chi connectivity index (χ0n) is 19.9. The number of anilines is 2. The number of rotatable bonds is 12. The first-order valence-corrected chi connectivity index (χ1v) is 13.4. The molecule has 1 unspecified atom stereocenters. The molecule has 1 saturated carbocycles. The Morgan fingerprint density at radius 2 is 2.03 bits per heavy atom. The van der Waals surface area contributed by atoms with Crippen LogP contribution in [0.1, 0.15) is 30.9 Å². The van der Waals surface area contributed by atoms with Gasteiger partial charge in [0.05, 0.1) is 25.6 Å². The molecule has 196 valence electrons. The van der Waals surface area contributed by atoms with Crippen molar-refractivity contribution in [3.63, 3.8) is 0 Å². The standard InChI is InChI=1S/C23H28N7O6P/c24-23-28-21(27-17-7-8-17)20-22(29-23)30(14-25-20)18-9-6-16(10-18)13-35-37(32,33)36-19(31)11-26-34-12-15-4-2-1-3-5-15/h1-6,9,14,16-18,26H,7-8,10-13H2,(H,32,33)(H3,24,27,28,29)/t16-,18+/m1/s1. The lowest BCUT2D eigenvalue weighted by atomic mass is 10.1. The summed E-state index contributed by atoms with van der Waals surface area (Å²) >= 11 is 0. The predicted octanol–water partition coefficient (Wildman–Crippen LogP) is 2.48. The van der Waals surface area contributed by atoms with Gasteiger partial charge < -0.3 is 20.1 Å². The van der Waals surface area contributed by atoms with E-state index in [0.29, 0.717) is 29.4 Å². The zero-order chi connectivity index (χ0) is 25.8. The van der Waals surface area contributed by atoms with E-state index >= 15 is 0 Å². The largest absolute Gasteiger partial charge is 0.529 e. The Hall–Kier alpha value is -3.35. The summed E-state index contributed by atoms with van der Waals surface area (Å²) in [5, 5.41) is 3.33. The molecule has 0 radical (unpaired) electrons. The summed E-state index contributed by atoms with van der Waals surface area (Å²) in [5.74, 6) is -0.385. The maximum atomic E-state index is 12.2. The van der Waals surface area contributed by atoms with Crippen LogP contribution in [0.5, 0.6) is 0 Å². The molecule has 2 aliphatic rings. The fourth-order valence-electron chi connectivity index (χ4n) is 3.98. The highest BCUT2D eigenvalue weighted by atomic mass is 31.2. The van der Waals surface area contributed by atoms with Crippen LogP contribution < -0.4 is 16.5 Å². The number of carbonyl (C=O) groups is 1. The van der Waals surface area contributed by atoms with Crippen LogP contribution in [0.15, 0.2) is 48.8 Å². The Morgan fingerprint density at radius 1 is 1.22 bits per heavy atom. The second-order valence-corrected chi connectivity index (χ2v) is 10.3. The van der Waals surface area contributed by atoms with E-state index in [9.17, 15) is 14.3 Å². The Bertz CT molecular complexity index is 1330. The predicted molar refractivity (Wildman–Crippen MR) is 134 cm³/mol. The first-order valence-electron chi connectivity index (χ1n) is 11.9. The van der Waals surface area contributed by atoms with Crippen molar-refractivity contribution in [2.24, 2.45) is 5.92 Å². The van der Waals surface area contributed by atoms with Gasteiger partial charge in [0.1, 0.15) is 6.54 Å². The second-order valence-electron chi connectivity index (χ2n) is 8.94. The van der Waals surface area contributed by atoms with Crippen LogP contribution in [0.4, 0.5) is 11.8 Å². The average Bonchev–Trinajstić information content (AvgIpc) is 3.38. The highest BCUT2D eigenvalue weighted by Crippen LogP contribution is 2.45. The third-order valence-corrected chi connectivity index (χ3v) is 6.84. The summed E-state index contributed by atoms with van der Waals surface area (Å²) in [7, 11) is -4.59. The van der Waals surface area contributed by atoms with Gasteiger partial charge >= 0.3 is 13.8 Å². The normalized spacial score (nSPS) is 20.7. The molecule has 1 fully saturated rings. The molecule has 0 saturated heterocycles. The molecule has 2 heterocycles. The number of fused-ring (bicyclic) bond motifs is 1. The number of phosphoric ester groups is 1. The molecule has 1 aromatic carbocycles. The molecule has 3 atom stereocenters. The minimum atomic E-state index is -4.59. The maximum absolute atomic E-state index is 12.2. The molecule has 2 aliphatic carbocycles. The maximum Gasteiger partial charge on any atom is 0.529 e. The van der Waals surface area contributed by atoms with Gasteiger partial charge in [0.25, 0.3) is 0 Å². The van der Waals surface area contributed by atoms with Gasteiger partial charge in [0.2, 0.25) is 5.95 Å². The number of nitrogen functional groups attached to an aromatic ring is 1. The van der Waals surface area contributed by atoms with E-state index in [2.05, 4.69) is 30.3 Å². The minimum Gasteiger partial charge on any atom is -0.369 e. The summed E-state index contributed by atoms with van der Waals surface area (Å²) in [6.07, 6.45) is 8.25. The van der Waals surface area contributed by atoms with Crippen LogP contribution >= 0.6 is 7.82 Å². The van der Waals surface area contributed by atoms with Crippen LogP contribution in [0, 0.1) is 5.92 Å². The molecule has 14 heteroatoms. The number of nitrogens with zero attached hydrogens (tertiary/aromatic N) is 4. The number of carbonyl (C=O) groups excluding carboxylic acids is 1. The summed E-state index contributed by atoms with van der Waals surface area (Å²) in [6.45, 7) is -0.299. The Labute approximate surface area is 212 Å². The van der Waals surface area contributed by atoms with Crippen molar-refractivity contribution in [1.29, 1.82) is 0 Å². The molecule has 0 aliphatic heterocycles. The zero-order valence-corrected chi connectivity index (χ0v) is 20.8. The molecule has 2 aromatic heterocycles. The molecule has 0 amide bonds. The Kier molecular flexibility index (Phi) is 7.49. The van der Waals surface area contributed by atoms with E-state index in [1.54, 1.807) is 6.33 Å². The van der Waals surface area contributed by atoms with Crippen molar-refractivity contribution in [2.45, 2.75) is 38.0 Å². The first-order chi connectivity index (χ1) is 17.9. The molecule has 5 rings (SSSR count). The van der Waals surface area contributed by atoms with E-state index in [1.165, 1.54) is 0 Å². The highest BCUT2D eigenvalue weighted by molar-refractivity contribution is 7.48. The number of aromatic nitrogens is 4. The number of nitrogens with one attached hydrogen (secondary N) is 2. The minimum absolute atomic E-state index is 0.103. The Morgan fingerprint density at radius 3 is 2.81 bits per heavy atom. The van der Waals surface area contributed by atoms with Gasteiger partial charge in [-0.3, -0.25) is 19.0 Å². The van der Waals surface area contributed by atoms with Crippen LogP contribution in [0.3, 0.4) is 0 Å². The molecular weight excluding hydrogens is 501 g/mol. The number of imidazole rings is 1. The average molecular weight is 529 g/mol. The van der Waals surface area contributed by atoms with E-state index in [1.807, 2.05) is 47.1 Å². The smallest absolute Gasteiger partial charge is 0.369 e. The summed E-state index contributed by atoms with van der Waals surface area (Å²) < 4.78 is 23.8. The van der Waals surface area contributed by atoms with Gasteiger partial charge in [0, 0.05) is 12.0 Å². The van der Waals surface area contributed by atoms with Crippen molar-refractivity contribution in [3.05, 3.63) is 54.4 Å². The van der Waals surface area contributed by atoms with E-state index in [-0.39, 0.29) is 31.1 Å². The fraction of sp³-hybridized carbons (Fsp3) is 0.391. The van der Waals surface area contributed by atoms with Gasteiger partial charge in [-0.25, -0.2) is 9.55 Å². The summed E-state index contributed by atoms with van der Waals surface area (Å²) in [5.41, 5.74) is 10.5. The van der Waals surface area contributed by atoms with Crippen molar-refractivity contribution >= 4 is 36.7 Å². The lowest BCUT2D eigenvalue weighted by Gasteiger charge is -2.16. The van der Waals surface area contributed by atoms with Crippen LogP contribution in [-0.2, 0) is 29.9 Å². The molecule has 3 aromatic rings. The van der Waals surface area contributed by atoms with E-state index in [4.69, 9.17) is 15.1 Å².